The third kappa shape index (κ3) is 3.20. The number of carbonyl (C=O) groups excluding carboxylic acids is 1. The van der Waals surface area contributed by atoms with Crippen LogP contribution in [0.4, 0.5) is 0 Å². The van der Waals surface area contributed by atoms with Gasteiger partial charge in [-0.2, -0.15) is 0 Å². The van der Waals surface area contributed by atoms with Crippen LogP contribution in [0.1, 0.15) is 35.4 Å². The van der Waals surface area contributed by atoms with Gasteiger partial charge in [0.05, 0.1) is 6.20 Å². The third-order valence-electron chi connectivity index (χ3n) is 4.25. The number of amides is 1. The predicted octanol–water partition coefficient (Wildman–Crippen LogP) is 2.38. The van der Waals surface area contributed by atoms with E-state index in [-0.39, 0.29) is 17.8 Å². The summed E-state index contributed by atoms with van der Waals surface area (Å²) in [5.41, 5.74) is 1.30. The minimum atomic E-state index is -0.230. The van der Waals surface area contributed by atoms with E-state index in [9.17, 15) is 4.79 Å². The van der Waals surface area contributed by atoms with Gasteiger partial charge in [0.2, 0.25) is 0 Å². The van der Waals surface area contributed by atoms with Gasteiger partial charge in [0, 0.05) is 25.2 Å². The summed E-state index contributed by atoms with van der Waals surface area (Å²) in [4.78, 5) is 18.5. The van der Waals surface area contributed by atoms with Crippen LogP contribution in [0.25, 0.3) is 0 Å². The van der Waals surface area contributed by atoms with Gasteiger partial charge in [-0.25, -0.2) is 4.98 Å². The molecular weight excluding hydrogens is 278 g/mol. The lowest BCUT2D eigenvalue weighted by Crippen LogP contribution is -2.43. The number of benzene rings is 1. The van der Waals surface area contributed by atoms with Crippen LogP contribution in [0.2, 0.25) is 0 Å². The summed E-state index contributed by atoms with van der Waals surface area (Å²) >= 11 is 0. The lowest BCUT2D eigenvalue weighted by atomic mass is 10.1. The van der Waals surface area contributed by atoms with E-state index in [1.165, 1.54) is 5.56 Å². The lowest BCUT2D eigenvalue weighted by molar-refractivity contribution is 0.0890. The van der Waals surface area contributed by atoms with Gasteiger partial charge in [-0.3, -0.25) is 9.69 Å². The van der Waals surface area contributed by atoms with Gasteiger partial charge >= 0.3 is 5.91 Å². The Kier molecular flexibility index (Phi) is 4.24. The van der Waals surface area contributed by atoms with E-state index in [4.69, 9.17) is 4.42 Å². The summed E-state index contributed by atoms with van der Waals surface area (Å²) in [5, 5.41) is 3.04. The topological polar surface area (TPSA) is 58.4 Å². The summed E-state index contributed by atoms with van der Waals surface area (Å²) in [6, 6.07) is 10.8. The maximum Gasteiger partial charge on any atom is 0.307 e. The van der Waals surface area contributed by atoms with Crippen LogP contribution in [0.3, 0.4) is 0 Å². The second-order valence-corrected chi connectivity index (χ2v) is 5.84. The molecule has 5 heteroatoms. The van der Waals surface area contributed by atoms with Crippen LogP contribution < -0.4 is 5.32 Å². The molecule has 1 fully saturated rings. The van der Waals surface area contributed by atoms with Crippen molar-refractivity contribution in [3.8, 4) is 0 Å². The highest BCUT2D eigenvalue weighted by atomic mass is 16.4. The van der Waals surface area contributed by atoms with Crippen molar-refractivity contribution in [3.63, 3.8) is 0 Å². The van der Waals surface area contributed by atoms with Gasteiger partial charge in [-0.15, -0.1) is 0 Å². The molecule has 0 aliphatic carbocycles. The molecule has 1 aliphatic heterocycles. The first-order valence-electron chi connectivity index (χ1n) is 7.65. The Morgan fingerprint density at radius 3 is 2.86 bits per heavy atom. The summed E-state index contributed by atoms with van der Waals surface area (Å²) in [6.07, 6.45) is 2.51. The average Bonchev–Trinajstić information content (AvgIpc) is 3.09. The maximum absolute atomic E-state index is 12.1. The number of aromatic nitrogens is 1. The molecule has 2 atom stereocenters. The van der Waals surface area contributed by atoms with Gasteiger partial charge in [0.15, 0.2) is 0 Å². The molecule has 5 nitrogen and oxygen atoms in total. The van der Waals surface area contributed by atoms with Gasteiger partial charge in [0.1, 0.15) is 5.76 Å². The number of hydrogen-bond acceptors (Lipinski definition) is 4. The molecule has 1 aromatic carbocycles. The maximum atomic E-state index is 12.1. The molecule has 116 valence electrons. The third-order valence-corrected chi connectivity index (χ3v) is 4.25. The average molecular weight is 299 g/mol. The first-order valence-corrected chi connectivity index (χ1v) is 7.65. The van der Waals surface area contributed by atoms with Crippen molar-refractivity contribution in [1.29, 1.82) is 0 Å². The zero-order chi connectivity index (χ0) is 15.5. The van der Waals surface area contributed by atoms with Crippen molar-refractivity contribution in [2.75, 3.05) is 6.54 Å². The first-order chi connectivity index (χ1) is 10.6. The van der Waals surface area contributed by atoms with E-state index in [0.29, 0.717) is 11.8 Å². The number of hydrogen-bond donors (Lipinski definition) is 1. The second-order valence-electron chi connectivity index (χ2n) is 5.84. The van der Waals surface area contributed by atoms with Crippen molar-refractivity contribution in [2.24, 2.45) is 0 Å². The number of aryl methyl sites for hydroxylation is 1. The van der Waals surface area contributed by atoms with Crippen LogP contribution >= 0.6 is 0 Å². The largest absolute Gasteiger partial charge is 0.438 e. The molecule has 3 rings (SSSR count). The molecule has 0 saturated carbocycles. The van der Waals surface area contributed by atoms with Crippen LogP contribution in [0, 0.1) is 6.92 Å². The molecule has 0 unspecified atom stereocenters. The molecule has 2 heterocycles. The number of oxazole rings is 1. The molecule has 1 aliphatic rings. The van der Waals surface area contributed by atoms with Gasteiger partial charge < -0.3 is 9.73 Å². The first kappa shape index (κ1) is 14.8. The molecule has 1 saturated heterocycles. The molecule has 1 amide bonds. The molecular formula is C17H21N3O2. The van der Waals surface area contributed by atoms with Crippen LogP contribution in [0.5, 0.6) is 0 Å². The Hall–Kier alpha value is -2.14. The van der Waals surface area contributed by atoms with Crippen molar-refractivity contribution in [1.82, 2.24) is 15.2 Å². The van der Waals surface area contributed by atoms with E-state index in [2.05, 4.69) is 46.4 Å². The Morgan fingerprint density at radius 1 is 1.41 bits per heavy atom. The predicted molar refractivity (Wildman–Crippen MR) is 83.4 cm³/mol. The molecule has 0 radical (unpaired) electrons. The molecule has 2 aromatic rings. The highest BCUT2D eigenvalue weighted by Gasteiger charge is 2.32. The fourth-order valence-corrected chi connectivity index (χ4v) is 2.93. The number of nitrogens with zero attached hydrogens (tertiary/aromatic N) is 2. The highest BCUT2D eigenvalue weighted by Crippen LogP contribution is 2.20. The van der Waals surface area contributed by atoms with E-state index < -0.39 is 0 Å². The zero-order valence-corrected chi connectivity index (χ0v) is 13.0. The summed E-state index contributed by atoms with van der Waals surface area (Å²) in [6.45, 7) is 5.82. The summed E-state index contributed by atoms with van der Waals surface area (Å²) in [5.74, 6) is 0.563. The molecule has 1 N–H and O–H groups in total. The van der Waals surface area contributed by atoms with Gasteiger partial charge in [0.25, 0.3) is 5.89 Å². The minimum absolute atomic E-state index is 0.128. The van der Waals surface area contributed by atoms with E-state index in [1.807, 2.05) is 6.07 Å². The van der Waals surface area contributed by atoms with Gasteiger partial charge in [-0.05, 0) is 25.8 Å². The SMILES string of the molecule is Cc1cnc(C(=O)N[C@H]2CCN(Cc3ccccc3)[C@@H]2C)o1. The monoisotopic (exact) mass is 299 g/mol. The fraction of sp³-hybridized carbons (Fsp3) is 0.412. The molecule has 0 bridgehead atoms. The standard InChI is InChI=1S/C17H21N3O2/c1-12-10-18-17(22-12)16(21)19-15-8-9-20(13(15)2)11-14-6-4-3-5-7-14/h3-7,10,13,15H,8-9,11H2,1-2H3,(H,19,21)/t13-,15+/m1/s1. The number of likely N-dealkylation sites (tertiary alicyclic amines) is 1. The number of nitrogens with one attached hydrogen (secondary N) is 1. The number of carbonyl (C=O) groups is 1. The lowest BCUT2D eigenvalue weighted by Gasteiger charge is -2.24. The second kappa shape index (κ2) is 6.32. The summed E-state index contributed by atoms with van der Waals surface area (Å²) < 4.78 is 5.28. The Labute approximate surface area is 130 Å². The van der Waals surface area contributed by atoms with E-state index in [1.54, 1.807) is 13.1 Å². The Balaban J connectivity index is 1.59. The van der Waals surface area contributed by atoms with E-state index in [0.717, 1.165) is 19.5 Å². The van der Waals surface area contributed by atoms with Crippen LogP contribution in [0.15, 0.2) is 40.9 Å². The smallest absolute Gasteiger partial charge is 0.307 e. The Bertz CT molecular complexity index is 638. The number of rotatable bonds is 4. The van der Waals surface area contributed by atoms with E-state index >= 15 is 0 Å². The normalized spacial score (nSPS) is 21.9. The molecule has 22 heavy (non-hydrogen) atoms. The zero-order valence-electron chi connectivity index (χ0n) is 13.0. The van der Waals surface area contributed by atoms with Crippen LogP contribution in [-0.4, -0.2) is 34.4 Å². The van der Waals surface area contributed by atoms with Crippen molar-refractivity contribution in [2.45, 2.75) is 38.9 Å². The van der Waals surface area contributed by atoms with Crippen LogP contribution in [-0.2, 0) is 6.54 Å². The fourth-order valence-electron chi connectivity index (χ4n) is 2.93. The van der Waals surface area contributed by atoms with Crippen molar-refractivity contribution < 1.29 is 9.21 Å². The summed E-state index contributed by atoms with van der Waals surface area (Å²) in [7, 11) is 0. The van der Waals surface area contributed by atoms with Crippen molar-refractivity contribution >= 4 is 5.91 Å². The highest BCUT2D eigenvalue weighted by molar-refractivity contribution is 5.89. The van der Waals surface area contributed by atoms with Crippen molar-refractivity contribution in [3.05, 3.63) is 53.7 Å². The minimum Gasteiger partial charge on any atom is -0.438 e. The van der Waals surface area contributed by atoms with Gasteiger partial charge in [-0.1, -0.05) is 30.3 Å². The quantitative estimate of drug-likeness (QED) is 0.941. The Morgan fingerprint density at radius 2 is 2.18 bits per heavy atom. The molecule has 1 aromatic heterocycles. The molecule has 0 spiro atoms.